The second-order valence-corrected chi connectivity index (χ2v) is 6.04. The molecule has 0 fully saturated rings. The van der Waals surface area contributed by atoms with Crippen LogP contribution in [0.3, 0.4) is 0 Å². The van der Waals surface area contributed by atoms with Crippen LogP contribution in [-0.4, -0.2) is 31.7 Å². The Hall–Kier alpha value is -3.21. The molecule has 0 bridgehead atoms. The fraction of sp³-hybridized carbons (Fsp3) is 0.227. The van der Waals surface area contributed by atoms with Crippen LogP contribution in [0.4, 0.5) is 0 Å². The fourth-order valence-electron chi connectivity index (χ4n) is 2.35. The second kappa shape index (κ2) is 9.48. The van der Waals surface area contributed by atoms with Crippen LogP contribution < -0.4 is 14.2 Å². The number of aromatic hydroxyl groups is 1. The van der Waals surface area contributed by atoms with Gasteiger partial charge in [0.1, 0.15) is 11.5 Å². The summed E-state index contributed by atoms with van der Waals surface area (Å²) in [4.78, 5) is 12.4. The highest BCUT2D eigenvalue weighted by Gasteiger charge is 2.09. The summed E-state index contributed by atoms with van der Waals surface area (Å²) in [6, 6.07) is 9.92. The Morgan fingerprint density at radius 2 is 1.85 bits per heavy atom. The Balaban J connectivity index is 2.08. The largest absolute Gasteiger partial charge is 0.507 e. The maximum absolute atomic E-state index is 12.4. The van der Waals surface area contributed by atoms with Crippen molar-refractivity contribution in [1.82, 2.24) is 0 Å². The number of ketones is 1. The Kier molecular flexibility index (Phi) is 7.06. The van der Waals surface area contributed by atoms with E-state index in [2.05, 4.69) is 6.58 Å². The number of phenolic OH excluding ortho intramolecular Hbond substituents is 1. The summed E-state index contributed by atoms with van der Waals surface area (Å²) in [6.45, 7) is 6.26. The number of allylic oxidation sites excluding steroid dienone is 1. The number of hydrogen-bond donors (Lipinski definition) is 1. The molecule has 2 aromatic rings. The molecular formula is C22H24O5. The van der Waals surface area contributed by atoms with E-state index in [0.717, 1.165) is 12.0 Å². The van der Waals surface area contributed by atoms with Gasteiger partial charge in [-0.1, -0.05) is 5.57 Å². The molecule has 2 rings (SSSR count). The smallest absolute Gasteiger partial charge is 0.185 e. The summed E-state index contributed by atoms with van der Waals surface area (Å²) in [7, 11) is 3.05. The van der Waals surface area contributed by atoms with E-state index in [1.165, 1.54) is 26.4 Å². The molecule has 5 nitrogen and oxygen atoms in total. The lowest BCUT2D eigenvalue weighted by atomic mass is 10.1. The standard InChI is InChI=1S/C22H24O5/c1-15(2)11-12-27-18-8-5-16(20(24)14-18)6-9-19(23)17-7-10-21(25-3)22(13-17)26-4/h5-10,13-14,24H,1,11-12H2,2-4H3. The number of methoxy groups -OCH3 is 2. The summed E-state index contributed by atoms with van der Waals surface area (Å²) in [6.07, 6.45) is 3.71. The van der Waals surface area contributed by atoms with E-state index in [1.807, 2.05) is 6.92 Å². The molecule has 0 saturated carbocycles. The maximum atomic E-state index is 12.4. The number of benzene rings is 2. The molecule has 142 valence electrons. The maximum Gasteiger partial charge on any atom is 0.185 e. The molecule has 0 heterocycles. The van der Waals surface area contributed by atoms with Gasteiger partial charge in [-0.05, 0) is 49.4 Å². The van der Waals surface area contributed by atoms with E-state index in [0.29, 0.717) is 35.0 Å². The predicted molar refractivity (Wildman–Crippen MR) is 106 cm³/mol. The summed E-state index contributed by atoms with van der Waals surface area (Å²) in [5.74, 6) is 1.43. The normalized spacial score (nSPS) is 10.6. The highest BCUT2D eigenvalue weighted by atomic mass is 16.5. The first kappa shape index (κ1) is 20.1. The van der Waals surface area contributed by atoms with Crippen LogP contribution >= 0.6 is 0 Å². The van der Waals surface area contributed by atoms with Gasteiger partial charge < -0.3 is 19.3 Å². The van der Waals surface area contributed by atoms with Crippen molar-refractivity contribution in [3.63, 3.8) is 0 Å². The van der Waals surface area contributed by atoms with Crippen molar-refractivity contribution >= 4 is 11.9 Å². The van der Waals surface area contributed by atoms with Gasteiger partial charge in [0.15, 0.2) is 17.3 Å². The number of ether oxygens (including phenoxy) is 3. The van der Waals surface area contributed by atoms with Gasteiger partial charge >= 0.3 is 0 Å². The molecule has 0 amide bonds. The molecule has 0 spiro atoms. The first-order valence-electron chi connectivity index (χ1n) is 8.49. The molecule has 2 aromatic carbocycles. The number of hydrogen-bond acceptors (Lipinski definition) is 5. The summed E-state index contributed by atoms with van der Waals surface area (Å²) < 4.78 is 15.9. The Labute approximate surface area is 159 Å². The predicted octanol–water partition coefficient (Wildman–Crippen LogP) is 4.65. The topological polar surface area (TPSA) is 65.0 Å². The molecule has 0 unspecified atom stereocenters. The molecule has 0 saturated heterocycles. The third-order valence-electron chi connectivity index (χ3n) is 3.88. The van der Waals surface area contributed by atoms with Crippen LogP contribution in [-0.2, 0) is 0 Å². The van der Waals surface area contributed by atoms with Crippen molar-refractivity contribution in [2.45, 2.75) is 13.3 Å². The molecule has 5 heteroatoms. The SMILES string of the molecule is C=C(C)CCOc1ccc(C=CC(=O)c2ccc(OC)c(OC)c2)c(O)c1. The van der Waals surface area contributed by atoms with Gasteiger partial charge in [0.2, 0.25) is 0 Å². The van der Waals surface area contributed by atoms with Crippen molar-refractivity contribution in [2.75, 3.05) is 20.8 Å². The van der Waals surface area contributed by atoms with Gasteiger partial charge in [-0.25, -0.2) is 0 Å². The summed E-state index contributed by atoms with van der Waals surface area (Å²) >= 11 is 0. The average molecular weight is 368 g/mol. The van der Waals surface area contributed by atoms with Crippen molar-refractivity contribution in [3.8, 4) is 23.0 Å². The number of rotatable bonds is 9. The zero-order chi connectivity index (χ0) is 19.8. The van der Waals surface area contributed by atoms with Gasteiger partial charge in [-0.15, -0.1) is 6.58 Å². The zero-order valence-electron chi connectivity index (χ0n) is 15.8. The van der Waals surface area contributed by atoms with Crippen LogP contribution in [0.5, 0.6) is 23.0 Å². The van der Waals surface area contributed by atoms with Crippen LogP contribution in [0, 0.1) is 0 Å². The Morgan fingerprint density at radius 1 is 1.11 bits per heavy atom. The minimum absolute atomic E-state index is 0.0409. The van der Waals surface area contributed by atoms with Crippen molar-refractivity contribution in [3.05, 3.63) is 65.8 Å². The van der Waals surface area contributed by atoms with E-state index in [1.54, 1.807) is 36.4 Å². The Bertz CT molecular complexity index is 852. The van der Waals surface area contributed by atoms with Gasteiger partial charge in [-0.2, -0.15) is 0 Å². The van der Waals surface area contributed by atoms with Crippen molar-refractivity contribution in [1.29, 1.82) is 0 Å². The van der Waals surface area contributed by atoms with Gasteiger partial charge in [0.05, 0.1) is 20.8 Å². The number of carbonyl (C=O) groups is 1. The lowest BCUT2D eigenvalue weighted by Gasteiger charge is -2.08. The quantitative estimate of drug-likeness (QED) is 0.396. The fourth-order valence-corrected chi connectivity index (χ4v) is 2.35. The second-order valence-electron chi connectivity index (χ2n) is 6.04. The first-order valence-corrected chi connectivity index (χ1v) is 8.49. The van der Waals surface area contributed by atoms with E-state index < -0.39 is 0 Å². The van der Waals surface area contributed by atoms with Gasteiger partial charge in [0, 0.05) is 23.6 Å². The molecule has 0 atom stereocenters. The molecule has 0 radical (unpaired) electrons. The van der Waals surface area contributed by atoms with Crippen LogP contribution in [0.2, 0.25) is 0 Å². The molecule has 27 heavy (non-hydrogen) atoms. The van der Waals surface area contributed by atoms with Crippen LogP contribution in [0.1, 0.15) is 29.3 Å². The van der Waals surface area contributed by atoms with Crippen molar-refractivity contribution < 1.29 is 24.1 Å². The minimum Gasteiger partial charge on any atom is -0.507 e. The number of phenols is 1. The molecule has 0 aliphatic carbocycles. The molecule has 1 N–H and O–H groups in total. The Morgan fingerprint density at radius 3 is 2.48 bits per heavy atom. The highest BCUT2D eigenvalue weighted by Crippen LogP contribution is 2.28. The van der Waals surface area contributed by atoms with E-state index in [4.69, 9.17) is 14.2 Å². The summed E-state index contributed by atoms with van der Waals surface area (Å²) in [5, 5.41) is 10.1. The minimum atomic E-state index is -0.211. The molecular weight excluding hydrogens is 344 g/mol. The third-order valence-corrected chi connectivity index (χ3v) is 3.88. The monoisotopic (exact) mass is 368 g/mol. The van der Waals surface area contributed by atoms with Crippen molar-refractivity contribution in [2.24, 2.45) is 0 Å². The number of carbonyl (C=O) groups excluding carboxylic acids is 1. The molecule has 0 aliphatic heterocycles. The molecule has 0 aromatic heterocycles. The van der Waals surface area contributed by atoms with Crippen LogP contribution in [0.15, 0.2) is 54.6 Å². The van der Waals surface area contributed by atoms with E-state index in [9.17, 15) is 9.90 Å². The average Bonchev–Trinajstić information content (AvgIpc) is 2.66. The van der Waals surface area contributed by atoms with Gasteiger partial charge in [-0.3, -0.25) is 4.79 Å². The lowest BCUT2D eigenvalue weighted by Crippen LogP contribution is -1.98. The van der Waals surface area contributed by atoms with Crippen LogP contribution in [0.25, 0.3) is 6.08 Å². The third kappa shape index (κ3) is 5.64. The van der Waals surface area contributed by atoms with E-state index >= 15 is 0 Å². The first-order chi connectivity index (χ1) is 12.9. The van der Waals surface area contributed by atoms with Gasteiger partial charge in [0.25, 0.3) is 0 Å². The molecule has 0 aliphatic rings. The van der Waals surface area contributed by atoms with E-state index in [-0.39, 0.29) is 11.5 Å². The summed E-state index contributed by atoms with van der Waals surface area (Å²) in [5.41, 5.74) is 2.02. The highest BCUT2D eigenvalue weighted by molar-refractivity contribution is 6.07. The lowest BCUT2D eigenvalue weighted by molar-refractivity contribution is 0.104. The zero-order valence-corrected chi connectivity index (χ0v) is 15.8.